The summed E-state index contributed by atoms with van der Waals surface area (Å²) in [6, 6.07) is 15.4. The van der Waals surface area contributed by atoms with E-state index >= 15 is 0 Å². The lowest BCUT2D eigenvalue weighted by atomic mass is 10.1. The summed E-state index contributed by atoms with van der Waals surface area (Å²) in [4.78, 5) is 16.3. The minimum Gasteiger partial charge on any atom is -0.378 e. The first kappa shape index (κ1) is 24.7. The topological polar surface area (TPSA) is 99.2 Å². The fraction of sp³-hybridized carbons (Fsp3) is 0.409. The first-order valence-corrected chi connectivity index (χ1v) is 12.7. The van der Waals surface area contributed by atoms with Crippen LogP contribution in [0.25, 0.3) is 0 Å². The van der Waals surface area contributed by atoms with E-state index in [2.05, 4.69) is 4.90 Å². The number of sulfonamides is 1. The molecule has 2 aromatic carbocycles. The van der Waals surface area contributed by atoms with Crippen LogP contribution < -0.4 is 5.48 Å². The molecular weight excluding hydrogens is 450 g/mol. The summed E-state index contributed by atoms with van der Waals surface area (Å²) in [5, 5.41) is 9.07. The summed E-state index contributed by atoms with van der Waals surface area (Å²) in [7, 11) is -2.00. The maximum absolute atomic E-state index is 13.4. The van der Waals surface area contributed by atoms with Crippen LogP contribution in [-0.2, 0) is 19.6 Å². The SMILES string of the molecule is C[C@H](C(=O)NO)N(CCC1COCCN1C)S(=O)(=O)c1ccc(Sc2ccccc2)cc1. The quantitative estimate of drug-likeness (QED) is 0.421. The highest BCUT2D eigenvalue weighted by molar-refractivity contribution is 7.99. The number of likely N-dealkylation sites (N-methyl/N-ethyl adjacent to an activating group) is 1. The highest BCUT2D eigenvalue weighted by Gasteiger charge is 2.34. The van der Waals surface area contributed by atoms with Crippen LogP contribution in [0, 0.1) is 0 Å². The Morgan fingerprint density at radius 3 is 2.50 bits per heavy atom. The largest absolute Gasteiger partial charge is 0.378 e. The predicted octanol–water partition coefficient (Wildman–Crippen LogP) is 2.44. The van der Waals surface area contributed by atoms with Gasteiger partial charge in [-0.1, -0.05) is 30.0 Å². The molecule has 10 heteroatoms. The normalized spacial score (nSPS) is 18.4. The summed E-state index contributed by atoms with van der Waals surface area (Å²) < 4.78 is 33.5. The van der Waals surface area contributed by atoms with Gasteiger partial charge in [0.05, 0.1) is 18.1 Å². The minimum atomic E-state index is -3.97. The lowest BCUT2D eigenvalue weighted by Crippen LogP contribution is -2.50. The summed E-state index contributed by atoms with van der Waals surface area (Å²) in [5.41, 5.74) is 1.57. The highest BCUT2D eigenvalue weighted by atomic mass is 32.2. The molecule has 1 amide bonds. The van der Waals surface area contributed by atoms with Crippen molar-refractivity contribution in [1.29, 1.82) is 0 Å². The number of ether oxygens (including phenoxy) is 1. The zero-order valence-electron chi connectivity index (χ0n) is 18.2. The molecule has 8 nitrogen and oxygen atoms in total. The molecule has 0 spiro atoms. The van der Waals surface area contributed by atoms with Gasteiger partial charge in [0.25, 0.3) is 5.91 Å². The van der Waals surface area contributed by atoms with Crippen LogP contribution in [0.3, 0.4) is 0 Å². The Kier molecular flexibility index (Phi) is 8.69. The van der Waals surface area contributed by atoms with Crippen LogP contribution in [0.1, 0.15) is 13.3 Å². The molecule has 0 aliphatic carbocycles. The second-order valence-corrected chi connectivity index (χ2v) is 10.7. The van der Waals surface area contributed by atoms with Crippen molar-refractivity contribution in [3.05, 3.63) is 54.6 Å². The second-order valence-electron chi connectivity index (χ2n) is 7.65. The number of benzene rings is 2. The minimum absolute atomic E-state index is 0.0514. The fourth-order valence-electron chi connectivity index (χ4n) is 3.50. The summed E-state index contributed by atoms with van der Waals surface area (Å²) in [6.07, 6.45) is 0.501. The Balaban J connectivity index is 1.79. The van der Waals surface area contributed by atoms with Crippen LogP contribution in [0.2, 0.25) is 0 Å². The van der Waals surface area contributed by atoms with E-state index in [0.717, 1.165) is 20.6 Å². The number of amides is 1. The van der Waals surface area contributed by atoms with Gasteiger partial charge in [0.2, 0.25) is 10.0 Å². The third-order valence-electron chi connectivity index (χ3n) is 5.54. The maximum Gasteiger partial charge on any atom is 0.261 e. The molecule has 3 rings (SSSR count). The van der Waals surface area contributed by atoms with Crippen molar-refractivity contribution in [2.45, 2.75) is 40.1 Å². The van der Waals surface area contributed by atoms with Crippen LogP contribution in [0.5, 0.6) is 0 Å². The molecule has 1 aliphatic heterocycles. The van der Waals surface area contributed by atoms with Gasteiger partial charge in [0, 0.05) is 28.9 Å². The molecule has 2 atom stereocenters. The summed E-state index contributed by atoms with van der Waals surface area (Å²) in [5.74, 6) is -0.780. The number of carbonyl (C=O) groups is 1. The number of nitrogens with zero attached hydrogens (tertiary/aromatic N) is 2. The molecule has 0 saturated carbocycles. The maximum atomic E-state index is 13.4. The van der Waals surface area contributed by atoms with E-state index < -0.39 is 22.0 Å². The molecule has 1 fully saturated rings. The number of carbonyl (C=O) groups excluding carboxylic acids is 1. The summed E-state index contributed by atoms with van der Waals surface area (Å²) >= 11 is 1.53. The first-order chi connectivity index (χ1) is 15.3. The molecule has 1 aliphatic rings. The molecule has 0 bridgehead atoms. The van der Waals surface area contributed by atoms with Crippen molar-refractivity contribution in [2.24, 2.45) is 0 Å². The van der Waals surface area contributed by atoms with E-state index in [4.69, 9.17) is 9.94 Å². The number of hydroxylamine groups is 1. The van der Waals surface area contributed by atoms with E-state index in [1.807, 2.05) is 37.4 Å². The van der Waals surface area contributed by atoms with Gasteiger partial charge < -0.3 is 4.74 Å². The predicted molar refractivity (Wildman–Crippen MR) is 122 cm³/mol. The smallest absolute Gasteiger partial charge is 0.261 e. The standard InChI is InChI=1S/C22H29N3O5S2/c1-17(22(26)23-27)25(13-12-18-16-30-15-14-24(18)2)32(28,29)21-10-8-20(9-11-21)31-19-6-4-3-5-7-19/h3-11,17-18,27H,12-16H2,1-2H3,(H,23,26)/t17-,18?/m1/s1. The van der Waals surface area contributed by atoms with Gasteiger partial charge in [-0.3, -0.25) is 14.9 Å². The Hall–Kier alpha value is -1.95. The lowest BCUT2D eigenvalue weighted by Gasteiger charge is -2.34. The third-order valence-corrected chi connectivity index (χ3v) is 8.54. The average molecular weight is 480 g/mol. The van der Waals surface area contributed by atoms with E-state index in [0.29, 0.717) is 19.6 Å². The Morgan fingerprint density at radius 2 is 1.88 bits per heavy atom. The number of hydrogen-bond donors (Lipinski definition) is 2. The fourth-order valence-corrected chi connectivity index (χ4v) is 5.95. The van der Waals surface area contributed by atoms with E-state index in [1.54, 1.807) is 29.7 Å². The number of morpholine rings is 1. The van der Waals surface area contributed by atoms with Gasteiger partial charge in [0.15, 0.2) is 0 Å². The van der Waals surface area contributed by atoms with Crippen molar-refractivity contribution in [2.75, 3.05) is 33.4 Å². The first-order valence-electron chi connectivity index (χ1n) is 10.4. The molecule has 1 saturated heterocycles. The molecule has 0 aromatic heterocycles. The Morgan fingerprint density at radius 1 is 1.22 bits per heavy atom. The van der Waals surface area contributed by atoms with Crippen molar-refractivity contribution in [1.82, 2.24) is 14.7 Å². The Bertz CT molecular complexity index is 986. The van der Waals surface area contributed by atoms with Gasteiger partial charge >= 0.3 is 0 Å². The summed E-state index contributed by atoms with van der Waals surface area (Å²) in [6.45, 7) is 3.51. The van der Waals surface area contributed by atoms with Crippen LogP contribution in [0.4, 0.5) is 0 Å². The van der Waals surface area contributed by atoms with Crippen molar-refractivity contribution in [3.63, 3.8) is 0 Å². The molecule has 174 valence electrons. The highest BCUT2D eigenvalue weighted by Crippen LogP contribution is 2.29. The molecule has 1 unspecified atom stereocenters. The molecule has 1 heterocycles. The second kappa shape index (κ2) is 11.3. The van der Waals surface area contributed by atoms with E-state index in [-0.39, 0.29) is 17.5 Å². The zero-order chi connectivity index (χ0) is 23.1. The molecule has 2 aromatic rings. The number of hydrogen-bond acceptors (Lipinski definition) is 7. The molecule has 0 radical (unpaired) electrons. The number of nitrogens with one attached hydrogen (secondary N) is 1. The van der Waals surface area contributed by atoms with Gasteiger partial charge in [0.1, 0.15) is 6.04 Å². The van der Waals surface area contributed by atoms with E-state index in [1.165, 1.54) is 18.7 Å². The van der Waals surface area contributed by atoms with Gasteiger partial charge in [-0.25, -0.2) is 13.9 Å². The van der Waals surface area contributed by atoms with Crippen LogP contribution >= 0.6 is 11.8 Å². The lowest BCUT2D eigenvalue weighted by molar-refractivity contribution is -0.132. The zero-order valence-corrected chi connectivity index (χ0v) is 19.8. The van der Waals surface area contributed by atoms with Crippen molar-refractivity contribution in [3.8, 4) is 0 Å². The Labute approximate surface area is 193 Å². The van der Waals surface area contributed by atoms with E-state index in [9.17, 15) is 13.2 Å². The van der Waals surface area contributed by atoms with Crippen molar-refractivity contribution < 1.29 is 23.2 Å². The van der Waals surface area contributed by atoms with Crippen LogP contribution in [0.15, 0.2) is 69.3 Å². The van der Waals surface area contributed by atoms with Gasteiger partial charge in [-0.2, -0.15) is 4.31 Å². The van der Waals surface area contributed by atoms with Gasteiger partial charge in [-0.15, -0.1) is 0 Å². The van der Waals surface area contributed by atoms with Crippen LogP contribution in [-0.4, -0.2) is 74.2 Å². The monoisotopic (exact) mass is 479 g/mol. The average Bonchev–Trinajstić information content (AvgIpc) is 2.80. The van der Waals surface area contributed by atoms with Gasteiger partial charge in [-0.05, 0) is 56.8 Å². The molecular formula is C22H29N3O5S2. The number of rotatable bonds is 9. The molecule has 2 N–H and O–H groups in total. The third kappa shape index (κ3) is 6.09. The molecule has 32 heavy (non-hydrogen) atoms. The van der Waals surface area contributed by atoms with Crippen molar-refractivity contribution >= 4 is 27.7 Å².